The van der Waals surface area contributed by atoms with E-state index in [0.29, 0.717) is 0 Å². The van der Waals surface area contributed by atoms with Crippen LogP contribution in [0.15, 0.2) is 61.1 Å². The van der Waals surface area contributed by atoms with Gasteiger partial charge < -0.3 is 14.8 Å². The third-order valence-corrected chi connectivity index (χ3v) is 5.26. The van der Waals surface area contributed by atoms with Crippen LogP contribution >= 0.6 is 12.2 Å². The standard InChI is InChI=1S/C21H22N4S/c1-15-7-8-18(16(2)13-15)23-21(26)25-12-11-24-10-4-6-19(24)20(25)17-5-3-9-22-14-17/h3-10,13-14,20H,11-12H2,1-2H3,(H,23,26)/t20-/m0/s1. The lowest BCUT2D eigenvalue weighted by atomic mass is 10.0. The van der Waals surface area contributed by atoms with Crippen LogP contribution in [0.25, 0.3) is 0 Å². The minimum atomic E-state index is 0.0678. The van der Waals surface area contributed by atoms with Gasteiger partial charge in [0.1, 0.15) is 0 Å². The van der Waals surface area contributed by atoms with Crippen LogP contribution in [0.1, 0.15) is 28.4 Å². The van der Waals surface area contributed by atoms with Crippen LogP contribution in [0.4, 0.5) is 5.69 Å². The molecule has 4 rings (SSSR count). The molecule has 3 heterocycles. The van der Waals surface area contributed by atoms with Crippen molar-refractivity contribution in [1.29, 1.82) is 0 Å². The predicted octanol–water partition coefficient (Wildman–Crippen LogP) is 4.30. The molecule has 132 valence electrons. The van der Waals surface area contributed by atoms with E-state index in [1.165, 1.54) is 16.8 Å². The zero-order valence-electron chi connectivity index (χ0n) is 15.0. The van der Waals surface area contributed by atoms with E-state index in [1.54, 1.807) is 0 Å². The number of anilines is 1. The van der Waals surface area contributed by atoms with Crippen molar-refractivity contribution in [2.24, 2.45) is 0 Å². The molecule has 1 aromatic carbocycles. The average Bonchev–Trinajstić information content (AvgIpc) is 3.12. The highest BCUT2D eigenvalue weighted by atomic mass is 32.1. The molecule has 3 aromatic rings. The van der Waals surface area contributed by atoms with Crippen molar-refractivity contribution < 1.29 is 0 Å². The summed E-state index contributed by atoms with van der Waals surface area (Å²) in [7, 11) is 0. The summed E-state index contributed by atoms with van der Waals surface area (Å²) in [6.07, 6.45) is 5.87. The minimum Gasteiger partial charge on any atom is -0.348 e. The van der Waals surface area contributed by atoms with Crippen LogP contribution in [-0.2, 0) is 6.54 Å². The Morgan fingerprint density at radius 2 is 2.04 bits per heavy atom. The topological polar surface area (TPSA) is 33.1 Å². The van der Waals surface area contributed by atoms with Gasteiger partial charge in [0.25, 0.3) is 0 Å². The highest BCUT2D eigenvalue weighted by Gasteiger charge is 2.30. The molecule has 1 aliphatic heterocycles. The first-order valence-electron chi connectivity index (χ1n) is 8.83. The van der Waals surface area contributed by atoms with Gasteiger partial charge in [-0.2, -0.15) is 0 Å². The van der Waals surface area contributed by atoms with Gasteiger partial charge in [0.05, 0.1) is 6.04 Å². The fraction of sp³-hybridized carbons (Fsp3) is 0.238. The Bertz CT molecular complexity index is 932. The quantitative estimate of drug-likeness (QED) is 0.689. The van der Waals surface area contributed by atoms with E-state index in [1.807, 2.05) is 18.5 Å². The lowest BCUT2D eigenvalue weighted by Gasteiger charge is -2.39. The second kappa shape index (κ2) is 6.92. The van der Waals surface area contributed by atoms with Gasteiger partial charge in [-0.05, 0) is 61.5 Å². The summed E-state index contributed by atoms with van der Waals surface area (Å²) >= 11 is 5.81. The number of aromatic nitrogens is 2. The molecule has 0 saturated carbocycles. The zero-order valence-corrected chi connectivity index (χ0v) is 15.8. The molecule has 2 aromatic heterocycles. The van der Waals surface area contributed by atoms with Gasteiger partial charge in [-0.1, -0.05) is 23.8 Å². The summed E-state index contributed by atoms with van der Waals surface area (Å²) in [5, 5.41) is 4.21. The number of pyridine rings is 1. The summed E-state index contributed by atoms with van der Waals surface area (Å²) in [4.78, 5) is 6.58. The van der Waals surface area contributed by atoms with Crippen molar-refractivity contribution in [3.05, 3.63) is 83.4 Å². The maximum atomic E-state index is 5.81. The molecular weight excluding hydrogens is 340 g/mol. The molecule has 0 spiro atoms. The van der Waals surface area contributed by atoms with E-state index in [4.69, 9.17) is 12.2 Å². The van der Waals surface area contributed by atoms with Gasteiger partial charge in [0, 0.05) is 43.1 Å². The zero-order chi connectivity index (χ0) is 18.1. The van der Waals surface area contributed by atoms with Crippen molar-refractivity contribution in [2.45, 2.75) is 26.4 Å². The number of benzene rings is 1. The normalized spacial score (nSPS) is 16.2. The van der Waals surface area contributed by atoms with Gasteiger partial charge in [0.15, 0.2) is 5.11 Å². The summed E-state index contributed by atoms with van der Waals surface area (Å²) in [6, 6.07) is 14.8. The monoisotopic (exact) mass is 362 g/mol. The van der Waals surface area contributed by atoms with Crippen LogP contribution in [0.5, 0.6) is 0 Å². The highest BCUT2D eigenvalue weighted by molar-refractivity contribution is 7.80. The molecule has 0 bridgehead atoms. The SMILES string of the molecule is Cc1ccc(NC(=S)N2CCn3cccc3[C@@H]2c2cccnc2)c(C)c1. The average molecular weight is 363 g/mol. The Balaban J connectivity index is 1.67. The molecule has 26 heavy (non-hydrogen) atoms. The molecular formula is C21H22N4S. The van der Waals surface area contributed by atoms with E-state index < -0.39 is 0 Å². The Hall–Kier alpha value is -2.66. The lowest BCUT2D eigenvalue weighted by molar-refractivity contribution is 0.293. The van der Waals surface area contributed by atoms with Gasteiger partial charge in [-0.3, -0.25) is 4.98 Å². The maximum Gasteiger partial charge on any atom is 0.174 e. The molecule has 1 N–H and O–H groups in total. The summed E-state index contributed by atoms with van der Waals surface area (Å²) in [5.74, 6) is 0. The van der Waals surface area contributed by atoms with Gasteiger partial charge in [0.2, 0.25) is 0 Å². The van der Waals surface area contributed by atoms with Crippen molar-refractivity contribution >= 4 is 23.0 Å². The smallest absolute Gasteiger partial charge is 0.174 e. The van der Waals surface area contributed by atoms with Crippen LogP contribution in [0, 0.1) is 13.8 Å². The van der Waals surface area contributed by atoms with Gasteiger partial charge >= 0.3 is 0 Å². The molecule has 0 unspecified atom stereocenters. The van der Waals surface area contributed by atoms with Crippen LogP contribution in [0.3, 0.4) is 0 Å². The summed E-state index contributed by atoms with van der Waals surface area (Å²) < 4.78 is 2.30. The number of nitrogens with one attached hydrogen (secondary N) is 1. The molecule has 0 saturated heterocycles. The molecule has 4 nitrogen and oxygen atoms in total. The van der Waals surface area contributed by atoms with Crippen molar-refractivity contribution in [1.82, 2.24) is 14.5 Å². The molecule has 0 amide bonds. The molecule has 1 atom stereocenters. The Labute approximate surface area is 159 Å². The summed E-state index contributed by atoms with van der Waals surface area (Å²) in [5.41, 5.74) is 5.91. The van der Waals surface area contributed by atoms with E-state index in [2.05, 4.69) is 76.2 Å². The number of aryl methyl sites for hydroxylation is 2. The second-order valence-corrected chi connectivity index (χ2v) is 7.14. The van der Waals surface area contributed by atoms with E-state index >= 15 is 0 Å². The van der Waals surface area contributed by atoms with Gasteiger partial charge in [-0.15, -0.1) is 0 Å². The largest absolute Gasteiger partial charge is 0.348 e. The molecule has 0 radical (unpaired) electrons. The van der Waals surface area contributed by atoms with Crippen LogP contribution in [-0.4, -0.2) is 26.1 Å². The molecule has 0 aliphatic carbocycles. The number of thiocarbonyl (C=S) groups is 1. The van der Waals surface area contributed by atoms with Crippen molar-refractivity contribution in [3.63, 3.8) is 0 Å². The van der Waals surface area contributed by atoms with E-state index in [9.17, 15) is 0 Å². The fourth-order valence-corrected chi connectivity index (χ4v) is 3.94. The first-order chi connectivity index (χ1) is 12.6. The Morgan fingerprint density at radius 3 is 2.81 bits per heavy atom. The first kappa shape index (κ1) is 16.8. The third-order valence-electron chi connectivity index (χ3n) is 4.92. The van der Waals surface area contributed by atoms with Crippen molar-refractivity contribution in [2.75, 3.05) is 11.9 Å². The lowest BCUT2D eigenvalue weighted by Crippen LogP contribution is -2.44. The Morgan fingerprint density at radius 1 is 1.15 bits per heavy atom. The molecule has 5 heteroatoms. The Kier molecular flexibility index (Phi) is 4.47. The first-order valence-corrected chi connectivity index (χ1v) is 9.24. The second-order valence-electron chi connectivity index (χ2n) is 6.76. The third kappa shape index (κ3) is 3.10. The number of hydrogen-bond acceptors (Lipinski definition) is 2. The molecule has 0 fully saturated rings. The minimum absolute atomic E-state index is 0.0678. The highest BCUT2D eigenvalue weighted by Crippen LogP contribution is 2.32. The van der Waals surface area contributed by atoms with Crippen molar-refractivity contribution in [3.8, 4) is 0 Å². The number of fused-ring (bicyclic) bond motifs is 1. The van der Waals surface area contributed by atoms with Crippen LogP contribution < -0.4 is 5.32 Å². The fourth-order valence-electron chi connectivity index (χ4n) is 3.63. The van der Waals surface area contributed by atoms with E-state index in [0.717, 1.165) is 29.5 Å². The summed E-state index contributed by atoms with van der Waals surface area (Å²) in [6.45, 7) is 6.00. The number of rotatable bonds is 2. The molecule has 1 aliphatic rings. The van der Waals surface area contributed by atoms with Gasteiger partial charge in [-0.25, -0.2) is 0 Å². The number of nitrogens with zero attached hydrogens (tertiary/aromatic N) is 3. The van der Waals surface area contributed by atoms with Crippen LogP contribution in [0.2, 0.25) is 0 Å². The predicted molar refractivity (Wildman–Crippen MR) is 109 cm³/mol. The maximum absolute atomic E-state index is 5.81. The van der Waals surface area contributed by atoms with E-state index in [-0.39, 0.29) is 6.04 Å². The number of hydrogen-bond donors (Lipinski definition) is 1.